The number of hydrogen-bond donors (Lipinski definition) is 2. The second-order valence-electron chi connectivity index (χ2n) is 4.49. The van der Waals surface area contributed by atoms with Crippen molar-refractivity contribution in [3.05, 3.63) is 28.8 Å². The Balaban J connectivity index is 2.30. The zero-order valence-electron chi connectivity index (χ0n) is 10.1. The molecule has 0 fully saturated rings. The van der Waals surface area contributed by atoms with Gasteiger partial charge in [-0.15, -0.1) is 0 Å². The van der Waals surface area contributed by atoms with Gasteiger partial charge in [-0.3, -0.25) is 4.79 Å². The van der Waals surface area contributed by atoms with E-state index in [1.807, 2.05) is 25.1 Å². The second-order valence-corrected chi connectivity index (χ2v) is 5.41. The third-order valence-electron chi connectivity index (χ3n) is 3.32. The van der Waals surface area contributed by atoms with E-state index < -0.39 is 0 Å². The normalized spacial score (nSPS) is 19.9. The molecule has 1 aromatic rings. The first kappa shape index (κ1) is 13.3. The first-order valence-corrected chi connectivity index (χ1v) is 6.70. The van der Waals surface area contributed by atoms with Gasteiger partial charge in [-0.2, -0.15) is 0 Å². The minimum absolute atomic E-state index is 0.0197. The first-order chi connectivity index (χ1) is 8.52. The quantitative estimate of drug-likeness (QED) is 0.838. The van der Waals surface area contributed by atoms with Crippen molar-refractivity contribution >= 4 is 40.3 Å². The second kappa shape index (κ2) is 5.24. The fourth-order valence-electron chi connectivity index (χ4n) is 2.36. The molecule has 96 valence electrons. The summed E-state index contributed by atoms with van der Waals surface area (Å²) in [6.45, 7) is 1.96. The Kier molecular flexibility index (Phi) is 3.88. The molecular weight excluding hydrogens is 268 g/mol. The van der Waals surface area contributed by atoms with Crippen LogP contribution in [0.1, 0.15) is 25.3 Å². The number of carbonyl (C=O) groups is 1. The van der Waals surface area contributed by atoms with Crippen LogP contribution in [-0.4, -0.2) is 16.8 Å². The fraction of sp³-hybridized carbons (Fsp3) is 0.385. The van der Waals surface area contributed by atoms with E-state index in [0.29, 0.717) is 17.9 Å². The van der Waals surface area contributed by atoms with Gasteiger partial charge in [0.05, 0.1) is 5.92 Å². The summed E-state index contributed by atoms with van der Waals surface area (Å²) in [5.41, 5.74) is 7.31. The number of rotatable bonds is 3. The largest absolute Gasteiger partial charge is 0.381 e. The molecule has 1 heterocycles. The van der Waals surface area contributed by atoms with E-state index in [1.165, 1.54) is 0 Å². The molecule has 0 spiro atoms. The minimum atomic E-state index is -0.282. The van der Waals surface area contributed by atoms with Gasteiger partial charge >= 0.3 is 0 Å². The number of nitrogens with one attached hydrogen (secondary N) is 1. The summed E-state index contributed by atoms with van der Waals surface area (Å²) in [7, 11) is 0. The summed E-state index contributed by atoms with van der Waals surface area (Å²) in [5, 5.41) is 4.01. The van der Waals surface area contributed by atoms with E-state index in [0.717, 1.165) is 16.1 Å². The number of halogens is 1. The Hall–Kier alpha value is -1.13. The molecule has 1 amide bonds. The SMILES string of the molecule is CCC(C(N)=O)C1CC(=S)c2cc(Cl)ccc2N1. The highest BCUT2D eigenvalue weighted by atomic mass is 35.5. The summed E-state index contributed by atoms with van der Waals surface area (Å²) < 4.78 is 0. The molecule has 0 aliphatic carbocycles. The third-order valence-corrected chi connectivity index (χ3v) is 3.94. The van der Waals surface area contributed by atoms with Gasteiger partial charge in [-0.05, 0) is 24.6 Å². The number of hydrogen-bond acceptors (Lipinski definition) is 3. The molecule has 0 aromatic heterocycles. The number of anilines is 1. The summed E-state index contributed by atoms with van der Waals surface area (Å²) >= 11 is 11.4. The topological polar surface area (TPSA) is 55.1 Å². The van der Waals surface area contributed by atoms with Crippen molar-refractivity contribution in [2.24, 2.45) is 11.7 Å². The molecular formula is C13H15ClN2OS. The molecule has 2 atom stereocenters. The van der Waals surface area contributed by atoms with Crippen molar-refractivity contribution in [2.75, 3.05) is 5.32 Å². The molecule has 18 heavy (non-hydrogen) atoms. The lowest BCUT2D eigenvalue weighted by Gasteiger charge is -2.31. The molecule has 3 N–H and O–H groups in total. The summed E-state index contributed by atoms with van der Waals surface area (Å²) in [4.78, 5) is 12.2. The number of fused-ring (bicyclic) bond motifs is 1. The molecule has 0 radical (unpaired) electrons. The predicted molar refractivity (Wildman–Crippen MR) is 78.2 cm³/mol. The minimum Gasteiger partial charge on any atom is -0.381 e. The van der Waals surface area contributed by atoms with Gasteiger partial charge in [0.2, 0.25) is 5.91 Å². The maximum atomic E-state index is 11.4. The van der Waals surface area contributed by atoms with Crippen LogP contribution in [0, 0.1) is 5.92 Å². The van der Waals surface area contributed by atoms with E-state index in [9.17, 15) is 4.79 Å². The molecule has 3 nitrogen and oxygen atoms in total. The van der Waals surface area contributed by atoms with E-state index >= 15 is 0 Å². The molecule has 5 heteroatoms. The van der Waals surface area contributed by atoms with E-state index in [2.05, 4.69) is 5.32 Å². The number of amides is 1. The zero-order valence-corrected chi connectivity index (χ0v) is 11.6. The lowest BCUT2D eigenvalue weighted by molar-refractivity contribution is -0.122. The molecule has 1 aliphatic heterocycles. The lowest BCUT2D eigenvalue weighted by Crippen LogP contribution is -2.41. The summed E-state index contributed by atoms with van der Waals surface area (Å²) in [5.74, 6) is -0.484. The van der Waals surface area contributed by atoms with Crippen molar-refractivity contribution in [2.45, 2.75) is 25.8 Å². The first-order valence-electron chi connectivity index (χ1n) is 5.91. The Morgan fingerprint density at radius 1 is 1.67 bits per heavy atom. The third kappa shape index (κ3) is 2.49. The monoisotopic (exact) mass is 282 g/mol. The fourth-order valence-corrected chi connectivity index (χ4v) is 2.88. The molecule has 0 saturated heterocycles. The lowest BCUT2D eigenvalue weighted by atomic mass is 9.87. The number of benzene rings is 1. The Morgan fingerprint density at radius 3 is 3.00 bits per heavy atom. The standard InChI is InChI=1S/C13H15ClN2OS/c1-2-8(13(15)17)11-6-12(18)9-5-7(14)3-4-10(9)16-11/h3-5,8,11,16H,2,6H2,1H3,(H2,15,17). The highest BCUT2D eigenvalue weighted by Gasteiger charge is 2.30. The molecule has 1 aromatic carbocycles. The van der Waals surface area contributed by atoms with E-state index in [1.54, 1.807) is 0 Å². The molecule has 2 unspecified atom stereocenters. The van der Waals surface area contributed by atoms with Crippen LogP contribution in [-0.2, 0) is 4.79 Å². The summed E-state index contributed by atoms with van der Waals surface area (Å²) in [6, 6.07) is 5.54. The Bertz CT molecular complexity index is 504. The molecule has 0 saturated carbocycles. The van der Waals surface area contributed by atoms with Gasteiger partial charge in [0.15, 0.2) is 0 Å². The van der Waals surface area contributed by atoms with Crippen LogP contribution >= 0.6 is 23.8 Å². The highest BCUT2D eigenvalue weighted by Crippen LogP contribution is 2.31. The van der Waals surface area contributed by atoms with Gasteiger partial charge in [-0.25, -0.2) is 0 Å². The highest BCUT2D eigenvalue weighted by molar-refractivity contribution is 7.80. The number of thiocarbonyl (C=S) groups is 1. The average molecular weight is 283 g/mol. The van der Waals surface area contributed by atoms with Crippen molar-refractivity contribution in [3.63, 3.8) is 0 Å². The van der Waals surface area contributed by atoms with Gasteiger partial charge < -0.3 is 11.1 Å². The average Bonchev–Trinajstić information content (AvgIpc) is 2.30. The Labute approximate surface area is 117 Å². The van der Waals surface area contributed by atoms with Crippen LogP contribution in [0.4, 0.5) is 5.69 Å². The maximum Gasteiger partial charge on any atom is 0.222 e. The van der Waals surface area contributed by atoms with Crippen LogP contribution in [0.3, 0.4) is 0 Å². The van der Waals surface area contributed by atoms with Crippen molar-refractivity contribution in [3.8, 4) is 0 Å². The van der Waals surface area contributed by atoms with Gasteiger partial charge in [0.25, 0.3) is 0 Å². The molecule has 0 bridgehead atoms. The van der Waals surface area contributed by atoms with Gasteiger partial charge in [0.1, 0.15) is 0 Å². The smallest absolute Gasteiger partial charge is 0.222 e. The van der Waals surface area contributed by atoms with Crippen LogP contribution in [0.25, 0.3) is 0 Å². The number of primary amides is 1. The molecule has 2 rings (SSSR count). The summed E-state index contributed by atoms with van der Waals surface area (Å²) in [6.07, 6.45) is 1.35. The predicted octanol–water partition coefficient (Wildman–Crippen LogP) is 2.75. The van der Waals surface area contributed by atoms with Crippen LogP contribution in [0.15, 0.2) is 18.2 Å². The molecule has 1 aliphatic rings. The van der Waals surface area contributed by atoms with Gasteiger partial charge in [-0.1, -0.05) is 30.7 Å². The van der Waals surface area contributed by atoms with Gasteiger partial charge in [0, 0.05) is 33.6 Å². The number of nitrogens with two attached hydrogens (primary N) is 1. The van der Waals surface area contributed by atoms with Crippen molar-refractivity contribution in [1.29, 1.82) is 0 Å². The van der Waals surface area contributed by atoms with Crippen LogP contribution in [0.5, 0.6) is 0 Å². The number of carbonyl (C=O) groups excluding carboxylic acids is 1. The zero-order chi connectivity index (χ0) is 13.3. The van der Waals surface area contributed by atoms with Crippen molar-refractivity contribution < 1.29 is 4.79 Å². The van der Waals surface area contributed by atoms with Crippen molar-refractivity contribution in [1.82, 2.24) is 0 Å². The van der Waals surface area contributed by atoms with Crippen LogP contribution < -0.4 is 11.1 Å². The Morgan fingerprint density at radius 2 is 2.39 bits per heavy atom. The van der Waals surface area contributed by atoms with E-state index in [-0.39, 0.29) is 17.9 Å². The van der Waals surface area contributed by atoms with E-state index in [4.69, 9.17) is 29.6 Å². The maximum absolute atomic E-state index is 11.4. The van der Waals surface area contributed by atoms with Crippen LogP contribution in [0.2, 0.25) is 5.02 Å².